The largest absolute Gasteiger partial charge is 0.348 e. The average Bonchev–Trinajstić information content (AvgIpc) is 2.38. The fourth-order valence-corrected chi connectivity index (χ4v) is 1.49. The first-order valence-corrected chi connectivity index (χ1v) is 6.32. The molecule has 2 amide bonds. The van der Waals surface area contributed by atoms with Gasteiger partial charge in [-0.3, -0.25) is 14.5 Å². The van der Waals surface area contributed by atoms with Crippen LogP contribution >= 0.6 is 0 Å². The quantitative estimate of drug-likeness (QED) is 0.606. The second-order valence-electron chi connectivity index (χ2n) is 4.66. The van der Waals surface area contributed by atoms with E-state index < -0.39 is 0 Å². The lowest BCUT2D eigenvalue weighted by Gasteiger charge is -2.24. The van der Waals surface area contributed by atoms with Gasteiger partial charge in [-0.25, -0.2) is 0 Å². The number of likely N-dealkylation sites (N-methyl/N-ethyl adjacent to an activating group) is 2. The van der Waals surface area contributed by atoms with Crippen molar-refractivity contribution in [3.8, 4) is 12.1 Å². The fraction of sp³-hybridized carbons (Fsp3) is 0.692. The van der Waals surface area contributed by atoms with Gasteiger partial charge in [0, 0.05) is 27.2 Å². The van der Waals surface area contributed by atoms with Crippen molar-refractivity contribution >= 4 is 11.8 Å². The van der Waals surface area contributed by atoms with E-state index in [2.05, 4.69) is 0 Å². The third-order valence-corrected chi connectivity index (χ3v) is 2.65. The zero-order valence-electron chi connectivity index (χ0n) is 12.3. The Labute approximate surface area is 120 Å². The summed E-state index contributed by atoms with van der Waals surface area (Å²) in [7, 11) is 5.00. The molecule has 20 heavy (non-hydrogen) atoms. The van der Waals surface area contributed by atoms with Crippen molar-refractivity contribution in [3.63, 3.8) is 0 Å². The SMILES string of the molecule is CN(CC(=O)N(C)C)CC(=O)N(CCC#N)CCC#N. The van der Waals surface area contributed by atoms with E-state index in [0.717, 1.165) is 0 Å². The Bertz CT molecular complexity index is 390. The second kappa shape index (κ2) is 9.76. The normalized spacial score (nSPS) is 9.70. The summed E-state index contributed by atoms with van der Waals surface area (Å²) in [6.45, 7) is 0.873. The maximum atomic E-state index is 12.1. The van der Waals surface area contributed by atoms with E-state index in [0.29, 0.717) is 13.1 Å². The van der Waals surface area contributed by atoms with Gasteiger partial charge < -0.3 is 9.80 Å². The molecule has 0 aliphatic rings. The van der Waals surface area contributed by atoms with Crippen LogP contribution in [0.2, 0.25) is 0 Å². The first-order chi connectivity index (χ1) is 9.42. The number of rotatable bonds is 8. The predicted octanol–water partition coefficient (Wildman–Crippen LogP) is -0.338. The summed E-state index contributed by atoms with van der Waals surface area (Å²) in [6, 6.07) is 3.96. The maximum absolute atomic E-state index is 12.1. The Morgan fingerprint density at radius 1 is 0.900 bits per heavy atom. The zero-order valence-corrected chi connectivity index (χ0v) is 12.3. The molecule has 7 nitrogen and oxygen atoms in total. The first kappa shape index (κ1) is 17.9. The van der Waals surface area contributed by atoms with Gasteiger partial charge in [0.05, 0.1) is 38.1 Å². The molecule has 0 spiro atoms. The summed E-state index contributed by atoms with van der Waals surface area (Å²) in [5.41, 5.74) is 0. The molecule has 0 atom stereocenters. The topological polar surface area (TPSA) is 91.4 Å². The molecule has 0 fully saturated rings. The highest BCUT2D eigenvalue weighted by Gasteiger charge is 2.17. The summed E-state index contributed by atoms with van der Waals surface area (Å²) < 4.78 is 0. The highest BCUT2D eigenvalue weighted by Crippen LogP contribution is 1.97. The van der Waals surface area contributed by atoms with E-state index >= 15 is 0 Å². The molecule has 7 heteroatoms. The maximum Gasteiger partial charge on any atom is 0.236 e. The van der Waals surface area contributed by atoms with E-state index in [-0.39, 0.29) is 37.7 Å². The van der Waals surface area contributed by atoms with Crippen LogP contribution in [0, 0.1) is 22.7 Å². The number of carbonyl (C=O) groups is 2. The van der Waals surface area contributed by atoms with Crippen LogP contribution in [0.4, 0.5) is 0 Å². The van der Waals surface area contributed by atoms with Crippen LogP contribution in [0.5, 0.6) is 0 Å². The molecule has 0 unspecified atom stereocenters. The summed E-state index contributed by atoms with van der Waals surface area (Å²) in [5, 5.41) is 17.1. The molecule has 0 N–H and O–H groups in total. The summed E-state index contributed by atoms with van der Waals surface area (Å²) in [5.74, 6) is -0.259. The molecular weight excluding hydrogens is 258 g/mol. The molecule has 0 radical (unpaired) electrons. The van der Waals surface area contributed by atoms with Gasteiger partial charge in [0.1, 0.15) is 0 Å². The van der Waals surface area contributed by atoms with Gasteiger partial charge >= 0.3 is 0 Å². The molecule has 0 aliphatic heterocycles. The predicted molar refractivity (Wildman–Crippen MR) is 73.2 cm³/mol. The number of nitrogens with zero attached hydrogens (tertiary/aromatic N) is 5. The molecule has 0 saturated carbocycles. The van der Waals surface area contributed by atoms with Gasteiger partial charge in [0.15, 0.2) is 0 Å². The van der Waals surface area contributed by atoms with E-state index in [1.807, 2.05) is 12.1 Å². The molecule has 0 aromatic heterocycles. The summed E-state index contributed by atoms with van der Waals surface area (Å²) in [4.78, 5) is 28.2. The Morgan fingerprint density at radius 2 is 1.35 bits per heavy atom. The third-order valence-electron chi connectivity index (χ3n) is 2.65. The van der Waals surface area contributed by atoms with Gasteiger partial charge in [0.25, 0.3) is 0 Å². The van der Waals surface area contributed by atoms with Crippen LogP contribution < -0.4 is 0 Å². The zero-order chi connectivity index (χ0) is 15.5. The Kier molecular flexibility index (Phi) is 8.73. The number of hydrogen-bond donors (Lipinski definition) is 0. The van der Waals surface area contributed by atoms with Gasteiger partial charge in [-0.15, -0.1) is 0 Å². The summed E-state index contributed by atoms with van der Waals surface area (Å²) >= 11 is 0. The first-order valence-electron chi connectivity index (χ1n) is 6.32. The van der Waals surface area contributed by atoms with E-state index in [1.54, 1.807) is 26.0 Å². The van der Waals surface area contributed by atoms with Crippen LogP contribution in [0.3, 0.4) is 0 Å². The smallest absolute Gasteiger partial charge is 0.236 e. The van der Waals surface area contributed by atoms with Gasteiger partial charge in [-0.2, -0.15) is 10.5 Å². The molecule has 0 bridgehead atoms. The Balaban J connectivity index is 4.40. The monoisotopic (exact) mass is 279 g/mol. The minimum Gasteiger partial charge on any atom is -0.348 e. The van der Waals surface area contributed by atoms with E-state index in [9.17, 15) is 9.59 Å². The van der Waals surface area contributed by atoms with Crippen molar-refractivity contribution in [1.82, 2.24) is 14.7 Å². The van der Waals surface area contributed by atoms with Crippen molar-refractivity contribution in [1.29, 1.82) is 10.5 Å². The highest BCUT2D eigenvalue weighted by atomic mass is 16.2. The molecular formula is C13H21N5O2. The van der Waals surface area contributed by atoms with E-state index in [1.165, 1.54) is 9.80 Å². The minimum absolute atomic E-state index is 0.0825. The van der Waals surface area contributed by atoms with Crippen molar-refractivity contribution < 1.29 is 9.59 Å². The highest BCUT2D eigenvalue weighted by molar-refractivity contribution is 5.81. The van der Waals surface area contributed by atoms with Crippen LogP contribution in [0.25, 0.3) is 0 Å². The van der Waals surface area contributed by atoms with Crippen molar-refractivity contribution in [2.75, 3.05) is 47.3 Å². The lowest BCUT2D eigenvalue weighted by atomic mass is 10.3. The minimum atomic E-state index is -0.176. The molecule has 0 aliphatic carbocycles. The van der Waals surface area contributed by atoms with Gasteiger partial charge in [-0.1, -0.05) is 0 Å². The summed E-state index contributed by atoms with van der Waals surface area (Å²) in [6.07, 6.45) is 0.467. The molecule has 0 heterocycles. The molecule has 110 valence electrons. The molecule has 0 saturated heterocycles. The van der Waals surface area contributed by atoms with Crippen LogP contribution in [-0.2, 0) is 9.59 Å². The number of amides is 2. The lowest BCUT2D eigenvalue weighted by Crippen LogP contribution is -2.43. The number of nitriles is 2. The van der Waals surface area contributed by atoms with Crippen LogP contribution in [-0.4, -0.2) is 73.8 Å². The van der Waals surface area contributed by atoms with Gasteiger partial charge in [-0.05, 0) is 7.05 Å². The van der Waals surface area contributed by atoms with Crippen molar-refractivity contribution in [2.45, 2.75) is 12.8 Å². The third kappa shape index (κ3) is 7.34. The molecule has 0 aromatic carbocycles. The Morgan fingerprint density at radius 3 is 1.75 bits per heavy atom. The average molecular weight is 279 g/mol. The van der Waals surface area contributed by atoms with E-state index in [4.69, 9.17) is 10.5 Å². The fourth-order valence-electron chi connectivity index (χ4n) is 1.49. The van der Waals surface area contributed by atoms with Crippen molar-refractivity contribution in [3.05, 3.63) is 0 Å². The van der Waals surface area contributed by atoms with Crippen LogP contribution in [0.15, 0.2) is 0 Å². The Hall–Kier alpha value is -2.12. The van der Waals surface area contributed by atoms with Crippen LogP contribution in [0.1, 0.15) is 12.8 Å². The molecule has 0 rings (SSSR count). The van der Waals surface area contributed by atoms with Gasteiger partial charge in [0.2, 0.25) is 11.8 Å². The lowest BCUT2D eigenvalue weighted by molar-refractivity contribution is -0.134. The molecule has 0 aromatic rings. The second-order valence-corrected chi connectivity index (χ2v) is 4.66. The number of hydrogen-bond acceptors (Lipinski definition) is 5. The standard InChI is InChI=1S/C13H21N5O2/c1-16(2)12(19)10-17(3)11-13(20)18(8-4-6-14)9-5-7-15/h4-5,8-11H2,1-3H3. The number of carbonyl (C=O) groups excluding carboxylic acids is 2. The van der Waals surface area contributed by atoms with Crippen molar-refractivity contribution in [2.24, 2.45) is 0 Å².